The minimum Gasteiger partial charge on any atom is -0.338 e. The lowest BCUT2D eigenvalue weighted by molar-refractivity contribution is -0.123. The van der Waals surface area contributed by atoms with Gasteiger partial charge in [-0.25, -0.2) is 0 Å². The third-order valence-corrected chi connectivity index (χ3v) is 5.37. The van der Waals surface area contributed by atoms with Gasteiger partial charge in [0.05, 0.1) is 4.88 Å². The molecule has 2 aromatic rings. The Kier molecular flexibility index (Phi) is 5.30. The molecule has 24 heavy (non-hydrogen) atoms. The normalized spacial score (nSPS) is 15.3. The molecule has 0 bridgehead atoms. The second kappa shape index (κ2) is 7.62. The fraction of sp³-hybridized carbons (Fsp3) is 0.368. The van der Waals surface area contributed by atoms with Crippen LogP contribution in [-0.4, -0.2) is 36.3 Å². The summed E-state index contributed by atoms with van der Waals surface area (Å²) in [6.07, 6.45) is 1.47. The van der Waals surface area contributed by atoms with Crippen LogP contribution in [0.3, 0.4) is 0 Å². The molecule has 1 saturated heterocycles. The molecule has 1 aromatic heterocycles. The van der Waals surface area contributed by atoms with Crippen LogP contribution >= 0.6 is 11.3 Å². The third-order valence-electron chi connectivity index (χ3n) is 4.51. The molecule has 1 aliphatic rings. The number of para-hydroxylation sites is 1. The van der Waals surface area contributed by atoms with Crippen molar-refractivity contribution >= 4 is 28.8 Å². The molecule has 0 N–H and O–H groups in total. The van der Waals surface area contributed by atoms with Crippen LogP contribution < -0.4 is 4.90 Å². The Labute approximate surface area is 146 Å². The average molecular weight is 342 g/mol. The number of hydrogen-bond donors (Lipinski definition) is 0. The maximum Gasteiger partial charge on any atom is 0.263 e. The molecule has 0 radical (unpaired) electrons. The number of rotatable bonds is 4. The highest BCUT2D eigenvalue weighted by atomic mass is 32.1. The number of carbonyl (C=O) groups is 2. The van der Waals surface area contributed by atoms with Crippen molar-refractivity contribution < 1.29 is 9.59 Å². The van der Waals surface area contributed by atoms with Crippen LogP contribution in [0.4, 0.5) is 5.69 Å². The zero-order chi connectivity index (χ0) is 16.9. The first kappa shape index (κ1) is 16.7. The van der Waals surface area contributed by atoms with Gasteiger partial charge in [-0.2, -0.15) is 0 Å². The molecule has 126 valence electrons. The van der Waals surface area contributed by atoms with Crippen LogP contribution in [0.15, 0.2) is 47.8 Å². The van der Waals surface area contributed by atoms with E-state index in [1.54, 1.807) is 0 Å². The van der Waals surface area contributed by atoms with Crippen molar-refractivity contribution in [2.24, 2.45) is 5.92 Å². The summed E-state index contributed by atoms with van der Waals surface area (Å²) in [6.45, 7) is 3.97. The quantitative estimate of drug-likeness (QED) is 0.851. The number of hydrogen-bond acceptors (Lipinski definition) is 3. The molecule has 1 aliphatic heterocycles. The maximum absolute atomic E-state index is 12.9. The van der Waals surface area contributed by atoms with E-state index in [9.17, 15) is 9.59 Å². The van der Waals surface area contributed by atoms with E-state index in [1.165, 1.54) is 11.3 Å². The van der Waals surface area contributed by atoms with E-state index in [0.717, 1.165) is 23.4 Å². The number of anilines is 1. The largest absolute Gasteiger partial charge is 0.338 e. The Balaban J connectivity index is 1.61. The van der Waals surface area contributed by atoms with Gasteiger partial charge in [-0.3, -0.25) is 9.59 Å². The van der Waals surface area contributed by atoms with Gasteiger partial charge in [0.25, 0.3) is 5.91 Å². The monoisotopic (exact) mass is 342 g/mol. The van der Waals surface area contributed by atoms with Crippen LogP contribution in [-0.2, 0) is 4.79 Å². The van der Waals surface area contributed by atoms with Crippen molar-refractivity contribution in [3.8, 4) is 0 Å². The summed E-state index contributed by atoms with van der Waals surface area (Å²) >= 11 is 1.47. The molecule has 0 unspecified atom stereocenters. The number of nitrogens with zero attached hydrogens (tertiary/aromatic N) is 2. The van der Waals surface area contributed by atoms with Gasteiger partial charge in [0.2, 0.25) is 5.91 Å². The molecule has 2 amide bonds. The number of amides is 2. The van der Waals surface area contributed by atoms with Gasteiger partial charge in [0.1, 0.15) is 0 Å². The van der Waals surface area contributed by atoms with Gasteiger partial charge < -0.3 is 9.80 Å². The van der Waals surface area contributed by atoms with Crippen molar-refractivity contribution in [3.05, 3.63) is 52.7 Å². The number of thiophene rings is 1. The molecule has 5 heteroatoms. The van der Waals surface area contributed by atoms with Crippen LogP contribution in [0.1, 0.15) is 29.4 Å². The van der Waals surface area contributed by atoms with Crippen LogP contribution in [0, 0.1) is 5.92 Å². The Bertz CT molecular complexity index is 677. The molecule has 3 rings (SSSR count). The molecule has 2 heterocycles. The lowest BCUT2D eigenvalue weighted by Gasteiger charge is -2.34. The highest BCUT2D eigenvalue weighted by Gasteiger charge is 2.30. The Hall–Kier alpha value is -2.14. The van der Waals surface area contributed by atoms with E-state index < -0.39 is 0 Å². The van der Waals surface area contributed by atoms with Crippen molar-refractivity contribution in [2.75, 3.05) is 24.5 Å². The third kappa shape index (κ3) is 3.51. The van der Waals surface area contributed by atoms with E-state index in [0.29, 0.717) is 19.6 Å². The molecule has 0 spiro atoms. The topological polar surface area (TPSA) is 40.6 Å². The molecule has 1 fully saturated rings. The number of carbonyl (C=O) groups excluding carboxylic acids is 2. The molecule has 0 atom stereocenters. The fourth-order valence-corrected chi connectivity index (χ4v) is 3.87. The number of benzene rings is 1. The molecule has 0 aliphatic carbocycles. The fourth-order valence-electron chi connectivity index (χ4n) is 3.18. The molecule has 1 aromatic carbocycles. The Morgan fingerprint density at radius 3 is 2.42 bits per heavy atom. The first-order valence-corrected chi connectivity index (χ1v) is 9.28. The van der Waals surface area contributed by atoms with Crippen LogP contribution in [0.5, 0.6) is 0 Å². The van der Waals surface area contributed by atoms with Gasteiger partial charge in [0, 0.05) is 31.2 Å². The van der Waals surface area contributed by atoms with E-state index in [2.05, 4.69) is 0 Å². The highest BCUT2D eigenvalue weighted by Crippen LogP contribution is 2.25. The van der Waals surface area contributed by atoms with E-state index in [-0.39, 0.29) is 17.7 Å². The summed E-state index contributed by atoms with van der Waals surface area (Å²) in [7, 11) is 0. The lowest BCUT2D eigenvalue weighted by atomic mass is 9.95. The van der Waals surface area contributed by atoms with Crippen molar-refractivity contribution in [1.29, 1.82) is 0 Å². The molecular weight excluding hydrogens is 320 g/mol. The van der Waals surface area contributed by atoms with Gasteiger partial charge >= 0.3 is 0 Å². The van der Waals surface area contributed by atoms with Gasteiger partial charge in [-0.1, -0.05) is 24.3 Å². The first-order chi connectivity index (χ1) is 11.7. The van der Waals surface area contributed by atoms with Crippen LogP contribution in [0.2, 0.25) is 0 Å². The van der Waals surface area contributed by atoms with E-state index >= 15 is 0 Å². The van der Waals surface area contributed by atoms with Crippen LogP contribution in [0.25, 0.3) is 0 Å². The van der Waals surface area contributed by atoms with E-state index in [4.69, 9.17) is 0 Å². The Morgan fingerprint density at radius 1 is 1.12 bits per heavy atom. The maximum atomic E-state index is 12.9. The summed E-state index contributed by atoms with van der Waals surface area (Å²) in [6, 6.07) is 13.6. The lowest BCUT2D eigenvalue weighted by Crippen LogP contribution is -2.44. The second-order valence-electron chi connectivity index (χ2n) is 5.96. The van der Waals surface area contributed by atoms with Gasteiger partial charge in [0.15, 0.2) is 0 Å². The predicted molar refractivity (Wildman–Crippen MR) is 97.4 cm³/mol. The first-order valence-electron chi connectivity index (χ1n) is 8.40. The summed E-state index contributed by atoms with van der Waals surface area (Å²) in [5.74, 6) is 0.260. The molecule has 4 nitrogen and oxygen atoms in total. The SMILES string of the molecule is CCN(C(=O)C1CCN(C(=O)c2cccs2)CC1)c1ccccc1. The minimum absolute atomic E-state index is 0.00228. The highest BCUT2D eigenvalue weighted by molar-refractivity contribution is 7.12. The molecular formula is C19H22N2O2S. The zero-order valence-corrected chi connectivity index (χ0v) is 14.7. The number of likely N-dealkylation sites (tertiary alicyclic amines) is 1. The average Bonchev–Trinajstić information content (AvgIpc) is 3.17. The smallest absolute Gasteiger partial charge is 0.263 e. The summed E-state index contributed by atoms with van der Waals surface area (Å²) in [5, 5.41) is 1.92. The van der Waals surface area contributed by atoms with Crippen molar-refractivity contribution in [1.82, 2.24) is 4.90 Å². The summed E-state index contributed by atoms with van der Waals surface area (Å²) in [5.41, 5.74) is 0.946. The summed E-state index contributed by atoms with van der Waals surface area (Å²) in [4.78, 5) is 29.7. The number of piperidine rings is 1. The van der Waals surface area contributed by atoms with Crippen molar-refractivity contribution in [2.45, 2.75) is 19.8 Å². The predicted octanol–water partition coefficient (Wildman–Crippen LogP) is 3.65. The standard InChI is InChI=1S/C19H22N2O2S/c1-2-21(16-7-4-3-5-8-16)18(22)15-10-12-20(13-11-15)19(23)17-9-6-14-24-17/h3-9,14-15H,2,10-13H2,1H3. The molecule has 0 saturated carbocycles. The van der Waals surface area contributed by atoms with Crippen molar-refractivity contribution in [3.63, 3.8) is 0 Å². The van der Waals surface area contributed by atoms with Gasteiger partial charge in [-0.15, -0.1) is 11.3 Å². The zero-order valence-electron chi connectivity index (χ0n) is 13.9. The minimum atomic E-state index is -0.00228. The second-order valence-corrected chi connectivity index (χ2v) is 6.91. The summed E-state index contributed by atoms with van der Waals surface area (Å²) < 4.78 is 0. The van der Waals surface area contributed by atoms with Gasteiger partial charge in [-0.05, 0) is 43.3 Å². The Morgan fingerprint density at radius 2 is 1.83 bits per heavy atom. The van der Waals surface area contributed by atoms with E-state index in [1.807, 2.05) is 64.6 Å².